The first-order chi connectivity index (χ1) is 9.72. The van der Waals surface area contributed by atoms with Gasteiger partial charge in [-0.15, -0.1) is 0 Å². The minimum atomic E-state index is -0.183. The van der Waals surface area contributed by atoms with Crippen LogP contribution in [-0.2, 0) is 16.1 Å². The number of nitrogens with one attached hydrogen (secondary N) is 1. The average Bonchev–Trinajstić information content (AvgIpc) is 3.17. The van der Waals surface area contributed by atoms with Crippen LogP contribution in [-0.4, -0.2) is 59.0 Å². The van der Waals surface area contributed by atoms with Crippen molar-refractivity contribution in [3.8, 4) is 0 Å². The first kappa shape index (κ1) is 13.4. The molecule has 1 aromatic heterocycles. The Balaban J connectivity index is 1.55. The molecule has 0 spiro atoms. The third kappa shape index (κ3) is 3.29. The molecule has 1 atom stereocenters. The Hall–Kier alpha value is -1.60. The molecule has 2 fully saturated rings. The third-order valence-electron chi connectivity index (χ3n) is 3.74. The smallest absolute Gasteiger partial charge is 0.239 e. The molecule has 0 bridgehead atoms. The molecule has 20 heavy (non-hydrogen) atoms. The molecule has 2 aliphatic rings. The SMILES string of the molecule is Nc1ccn(CCN2CCOCC2C(=O)NC2CC2)n1. The first-order valence-electron chi connectivity index (χ1n) is 7.13. The zero-order valence-electron chi connectivity index (χ0n) is 11.5. The van der Waals surface area contributed by atoms with Crippen molar-refractivity contribution in [3.63, 3.8) is 0 Å². The van der Waals surface area contributed by atoms with Crippen LogP contribution < -0.4 is 11.1 Å². The van der Waals surface area contributed by atoms with Crippen molar-refractivity contribution in [1.82, 2.24) is 20.0 Å². The molecule has 1 unspecified atom stereocenters. The van der Waals surface area contributed by atoms with Crippen molar-refractivity contribution in [1.29, 1.82) is 0 Å². The summed E-state index contributed by atoms with van der Waals surface area (Å²) in [6.45, 7) is 3.42. The van der Waals surface area contributed by atoms with E-state index < -0.39 is 0 Å². The van der Waals surface area contributed by atoms with Crippen LogP contribution in [0.5, 0.6) is 0 Å². The Morgan fingerprint density at radius 3 is 3.05 bits per heavy atom. The van der Waals surface area contributed by atoms with E-state index in [1.807, 2.05) is 6.20 Å². The summed E-state index contributed by atoms with van der Waals surface area (Å²) in [4.78, 5) is 14.4. The largest absolute Gasteiger partial charge is 0.382 e. The Bertz CT molecular complexity index is 471. The second-order valence-corrected chi connectivity index (χ2v) is 5.41. The van der Waals surface area contributed by atoms with Crippen molar-refractivity contribution in [2.45, 2.75) is 31.5 Å². The minimum Gasteiger partial charge on any atom is -0.382 e. The summed E-state index contributed by atoms with van der Waals surface area (Å²) >= 11 is 0. The van der Waals surface area contributed by atoms with Gasteiger partial charge >= 0.3 is 0 Å². The number of amides is 1. The maximum Gasteiger partial charge on any atom is 0.239 e. The highest BCUT2D eigenvalue weighted by molar-refractivity contribution is 5.82. The van der Waals surface area contributed by atoms with Crippen molar-refractivity contribution < 1.29 is 9.53 Å². The highest BCUT2D eigenvalue weighted by Crippen LogP contribution is 2.19. The number of ether oxygens (including phenoxy) is 1. The van der Waals surface area contributed by atoms with Crippen molar-refractivity contribution in [2.75, 3.05) is 32.0 Å². The number of carbonyl (C=O) groups excluding carboxylic acids is 1. The molecule has 1 saturated heterocycles. The number of nitrogens with zero attached hydrogens (tertiary/aromatic N) is 3. The molecule has 1 aliphatic carbocycles. The summed E-state index contributed by atoms with van der Waals surface area (Å²) in [6, 6.07) is 1.98. The highest BCUT2D eigenvalue weighted by Gasteiger charge is 2.32. The summed E-state index contributed by atoms with van der Waals surface area (Å²) < 4.78 is 7.25. The Kier molecular flexibility index (Phi) is 3.88. The molecule has 1 aliphatic heterocycles. The predicted octanol–water partition coefficient (Wildman–Crippen LogP) is -0.555. The standard InChI is InChI=1S/C13H21N5O2/c14-12-3-4-18(16-12)6-5-17-7-8-20-9-11(17)13(19)15-10-1-2-10/h3-4,10-11H,1-2,5-9H2,(H2,14,16)(H,15,19). The predicted molar refractivity (Wildman–Crippen MR) is 74.0 cm³/mol. The van der Waals surface area contributed by atoms with E-state index in [-0.39, 0.29) is 11.9 Å². The van der Waals surface area contributed by atoms with E-state index in [0.29, 0.717) is 25.1 Å². The van der Waals surface area contributed by atoms with E-state index in [1.54, 1.807) is 10.7 Å². The zero-order valence-corrected chi connectivity index (χ0v) is 11.5. The molecule has 0 radical (unpaired) electrons. The third-order valence-corrected chi connectivity index (χ3v) is 3.74. The number of hydrogen-bond donors (Lipinski definition) is 2. The number of nitrogens with two attached hydrogens (primary N) is 1. The van der Waals surface area contributed by atoms with Crippen LogP contribution in [0.2, 0.25) is 0 Å². The van der Waals surface area contributed by atoms with Crippen LogP contribution in [0.4, 0.5) is 5.82 Å². The van der Waals surface area contributed by atoms with Gasteiger partial charge in [0.05, 0.1) is 19.8 Å². The van der Waals surface area contributed by atoms with Gasteiger partial charge in [-0.05, 0) is 18.9 Å². The highest BCUT2D eigenvalue weighted by atomic mass is 16.5. The van der Waals surface area contributed by atoms with Gasteiger partial charge in [0, 0.05) is 25.3 Å². The first-order valence-corrected chi connectivity index (χ1v) is 7.13. The lowest BCUT2D eigenvalue weighted by Crippen LogP contribution is -2.54. The fourth-order valence-corrected chi connectivity index (χ4v) is 2.41. The molecular formula is C13H21N5O2. The summed E-state index contributed by atoms with van der Waals surface area (Å²) in [5.41, 5.74) is 5.59. The van der Waals surface area contributed by atoms with Gasteiger partial charge in [0.2, 0.25) is 5.91 Å². The number of rotatable bonds is 5. The molecule has 0 aromatic carbocycles. The van der Waals surface area contributed by atoms with Crippen LogP contribution in [0.3, 0.4) is 0 Å². The van der Waals surface area contributed by atoms with Crippen molar-refractivity contribution >= 4 is 11.7 Å². The van der Waals surface area contributed by atoms with Crippen LogP contribution in [0.15, 0.2) is 12.3 Å². The zero-order chi connectivity index (χ0) is 13.9. The van der Waals surface area contributed by atoms with Crippen LogP contribution in [0.25, 0.3) is 0 Å². The summed E-state index contributed by atoms with van der Waals surface area (Å²) in [7, 11) is 0. The van der Waals surface area contributed by atoms with Gasteiger partial charge in [0.25, 0.3) is 0 Å². The van der Waals surface area contributed by atoms with Gasteiger partial charge in [0.1, 0.15) is 11.9 Å². The van der Waals surface area contributed by atoms with Crippen LogP contribution >= 0.6 is 0 Å². The summed E-state index contributed by atoms with van der Waals surface area (Å²) in [6.07, 6.45) is 4.06. The van der Waals surface area contributed by atoms with E-state index >= 15 is 0 Å². The minimum absolute atomic E-state index is 0.0900. The van der Waals surface area contributed by atoms with Gasteiger partial charge in [-0.25, -0.2) is 0 Å². The number of aromatic nitrogens is 2. The fourth-order valence-electron chi connectivity index (χ4n) is 2.41. The van der Waals surface area contributed by atoms with Crippen LogP contribution in [0, 0.1) is 0 Å². The second-order valence-electron chi connectivity index (χ2n) is 5.41. The molecule has 3 rings (SSSR count). The normalized spacial score (nSPS) is 23.7. The topological polar surface area (TPSA) is 85.4 Å². The van der Waals surface area contributed by atoms with E-state index in [9.17, 15) is 4.79 Å². The quantitative estimate of drug-likeness (QED) is 0.755. The number of nitrogen functional groups attached to an aromatic ring is 1. The molecule has 110 valence electrons. The Morgan fingerprint density at radius 1 is 1.50 bits per heavy atom. The van der Waals surface area contributed by atoms with Gasteiger partial charge in [0.15, 0.2) is 0 Å². The average molecular weight is 279 g/mol. The summed E-state index contributed by atoms with van der Waals surface area (Å²) in [5.74, 6) is 0.613. The molecule has 1 aromatic rings. The maximum absolute atomic E-state index is 12.2. The molecule has 3 N–H and O–H groups in total. The van der Waals surface area contributed by atoms with Gasteiger partial charge in [-0.1, -0.05) is 0 Å². The lowest BCUT2D eigenvalue weighted by molar-refractivity contribution is -0.132. The molecule has 7 nitrogen and oxygen atoms in total. The Labute approximate surface area is 118 Å². The molecule has 2 heterocycles. The molecule has 1 amide bonds. The molecular weight excluding hydrogens is 258 g/mol. The van der Waals surface area contributed by atoms with E-state index in [4.69, 9.17) is 10.5 Å². The van der Waals surface area contributed by atoms with E-state index in [1.165, 1.54) is 0 Å². The lowest BCUT2D eigenvalue weighted by Gasteiger charge is -2.34. The van der Waals surface area contributed by atoms with Crippen LogP contribution in [0.1, 0.15) is 12.8 Å². The molecule has 1 saturated carbocycles. The summed E-state index contributed by atoms with van der Waals surface area (Å²) in [5, 5.41) is 7.21. The number of carbonyl (C=O) groups is 1. The maximum atomic E-state index is 12.2. The van der Waals surface area contributed by atoms with Gasteiger partial charge < -0.3 is 15.8 Å². The lowest BCUT2D eigenvalue weighted by atomic mass is 10.2. The number of anilines is 1. The van der Waals surface area contributed by atoms with E-state index in [2.05, 4.69) is 15.3 Å². The number of hydrogen-bond acceptors (Lipinski definition) is 5. The van der Waals surface area contributed by atoms with Crippen molar-refractivity contribution in [3.05, 3.63) is 12.3 Å². The Morgan fingerprint density at radius 2 is 2.35 bits per heavy atom. The molecule has 7 heteroatoms. The van der Waals surface area contributed by atoms with Gasteiger partial charge in [-0.3, -0.25) is 14.4 Å². The van der Waals surface area contributed by atoms with Gasteiger partial charge in [-0.2, -0.15) is 5.10 Å². The van der Waals surface area contributed by atoms with E-state index in [0.717, 1.165) is 32.5 Å². The monoisotopic (exact) mass is 279 g/mol. The van der Waals surface area contributed by atoms with Crippen molar-refractivity contribution in [2.24, 2.45) is 0 Å². The number of morpholine rings is 1. The second kappa shape index (κ2) is 5.80. The fraction of sp³-hybridized carbons (Fsp3) is 0.692.